The standard InChI is InChI=1S/C24H36O5/c1-5-15(3)24(27)29-21-11-14(2)10-17-7-6-16(4)20(23(17)21)9-8-19-12-18(25)13-22(26)28-19/h6-7,10,14-16,18-21,23,25H,5,8-9,11-13H2,1-4H3/t14-,15-,16-,18+,19+,20-,21?,23-/m0/s1. The molecule has 1 saturated heterocycles. The van der Waals surface area contributed by atoms with Gasteiger partial charge in [-0.15, -0.1) is 0 Å². The second-order valence-corrected chi connectivity index (χ2v) is 9.36. The molecule has 0 radical (unpaired) electrons. The average molecular weight is 405 g/mol. The number of hydrogen-bond donors (Lipinski definition) is 1. The first kappa shape index (κ1) is 22.1. The van der Waals surface area contributed by atoms with Crippen molar-refractivity contribution in [1.82, 2.24) is 0 Å². The predicted octanol–water partition coefficient (Wildman–Crippen LogP) is 4.20. The van der Waals surface area contributed by atoms with Gasteiger partial charge in [-0.1, -0.05) is 45.9 Å². The molecule has 162 valence electrons. The molecule has 8 atom stereocenters. The Morgan fingerprint density at radius 2 is 2.07 bits per heavy atom. The number of esters is 2. The van der Waals surface area contributed by atoms with Gasteiger partial charge >= 0.3 is 11.9 Å². The highest BCUT2D eigenvalue weighted by molar-refractivity contribution is 5.72. The van der Waals surface area contributed by atoms with Crippen LogP contribution in [-0.4, -0.2) is 35.4 Å². The lowest BCUT2D eigenvalue weighted by molar-refractivity contribution is -0.162. The zero-order valence-corrected chi connectivity index (χ0v) is 18.2. The van der Waals surface area contributed by atoms with E-state index in [9.17, 15) is 14.7 Å². The fourth-order valence-corrected chi connectivity index (χ4v) is 5.07. The van der Waals surface area contributed by atoms with Gasteiger partial charge in [-0.2, -0.15) is 0 Å². The summed E-state index contributed by atoms with van der Waals surface area (Å²) in [4.78, 5) is 24.2. The Morgan fingerprint density at radius 3 is 2.76 bits per heavy atom. The highest BCUT2D eigenvalue weighted by Crippen LogP contribution is 2.45. The first-order valence-corrected chi connectivity index (χ1v) is 11.3. The molecule has 0 saturated carbocycles. The van der Waals surface area contributed by atoms with Crippen LogP contribution in [0.1, 0.15) is 66.2 Å². The predicted molar refractivity (Wildman–Crippen MR) is 111 cm³/mol. The minimum Gasteiger partial charge on any atom is -0.462 e. The van der Waals surface area contributed by atoms with E-state index in [2.05, 4.69) is 32.1 Å². The first-order chi connectivity index (χ1) is 13.8. The van der Waals surface area contributed by atoms with Gasteiger partial charge in [0.15, 0.2) is 0 Å². The monoisotopic (exact) mass is 404 g/mol. The molecule has 1 N–H and O–H groups in total. The second-order valence-electron chi connectivity index (χ2n) is 9.36. The number of aliphatic hydroxyl groups is 1. The van der Waals surface area contributed by atoms with Gasteiger partial charge in [0, 0.05) is 12.3 Å². The Morgan fingerprint density at radius 1 is 1.31 bits per heavy atom. The number of fused-ring (bicyclic) bond motifs is 1. The lowest BCUT2D eigenvalue weighted by atomic mass is 9.65. The largest absolute Gasteiger partial charge is 0.462 e. The Hall–Kier alpha value is -1.62. The van der Waals surface area contributed by atoms with Gasteiger partial charge in [0.25, 0.3) is 0 Å². The summed E-state index contributed by atoms with van der Waals surface area (Å²) in [6.45, 7) is 8.33. The topological polar surface area (TPSA) is 72.8 Å². The highest BCUT2D eigenvalue weighted by atomic mass is 16.5. The maximum Gasteiger partial charge on any atom is 0.308 e. The number of rotatable bonds is 6. The molecule has 29 heavy (non-hydrogen) atoms. The number of hydrogen-bond acceptors (Lipinski definition) is 5. The fraction of sp³-hybridized carbons (Fsp3) is 0.750. The normalized spacial score (nSPS) is 37.9. The van der Waals surface area contributed by atoms with E-state index in [0.717, 1.165) is 25.7 Å². The summed E-state index contributed by atoms with van der Waals surface area (Å²) in [6, 6.07) is 0. The van der Waals surface area contributed by atoms with Crippen LogP contribution in [0.25, 0.3) is 0 Å². The number of carbonyl (C=O) groups excluding carboxylic acids is 2. The number of allylic oxidation sites excluding steroid dienone is 3. The van der Waals surface area contributed by atoms with Gasteiger partial charge in [-0.3, -0.25) is 9.59 Å². The summed E-state index contributed by atoms with van der Waals surface area (Å²) in [5, 5.41) is 9.89. The minimum atomic E-state index is -0.597. The first-order valence-electron chi connectivity index (χ1n) is 11.3. The third-order valence-electron chi connectivity index (χ3n) is 6.93. The third-order valence-corrected chi connectivity index (χ3v) is 6.93. The van der Waals surface area contributed by atoms with Gasteiger partial charge in [0.05, 0.1) is 18.4 Å². The van der Waals surface area contributed by atoms with Crippen LogP contribution in [0.5, 0.6) is 0 Å². The van der Waals surface area contributed by atoms with Crippen molar-refractivity contribution in [3.05, 3.63) is 23.8 Å². The number of cyclic esters (lactones) is 1. The average Bonchev–Trinajstić information content (AvgIpc) is 2.65. The van der Waals surface area contributed by atoms with Gasteiger partial charge in [-0.25, -0.2) is 0 Å². The summed E-state index contributed by atoms with van der Waals surface area (Å²) >= 11 is 0. The molecule has 0 amide bonds. The van der Waals surface area contributed by atoms with E-state index < -0.39 is 6.10 Å². The fourth-order valence-electron chi connectivity index (χ4n) is 5.07. The summed E-state index contributed by atoms with van der Waals surface area (Å²) in [6.07, 6.45) is 9.70. The Labute approximate surface area is 174 Å². The van der Waals surface area contributed by atoms with Gasteiger partial charge in [0.1, 0.15) is 12.2 Å². The molecule has 0 bridgehead atoms. The van der Waals surface area contributed by atoms with Crippen molar-refractivity contribution in [2.75, 3.05) is 0 Å². The van der Waals surface area contributed by atoms with Crippen LogP contribution < -0.4 is 0 Å². The van der Waals surface area contributed by atoms with E-state index in [1.54, 1.807) is 0 Å². The molecule has 0 aromatic carbocycles. The lowest BCUT2D eigenvalue weighted by Gasteiger charge is -2.43. The molecule has 0 spiro atoms. The van der Waals surface area contributed by atoms with Gasteiger partial charge in [0.2, 0.25) is 0 Å². The third kappa shape index (κ3) is 5.30. The zero-order valence-electron chi connectivity index (χ0n) is 18.2. The quantitative estimate of drug-likeness (QED) is 0.672. The molecule has 5 nitrogen and oxygen atoms in total. The Bertz CT molecular complexity index is 666. The van der Waals surface area contributed by atoms with Gasteiger partial charge < -0.3 is 14.6 Å². The van der Waals surface area contributed by atoms with Crippen molar-refractivity contribution in [2.24, 2.45) is 29.6 Å². The van der Waals surface area contributed by atoms with E-state index in [1.165, 1.54) is 5.57 Å². The summed E-state index contributed by atoms with van der Waals surface area (Å²) < 4.78 is 11.5. The SMILES string of the molecule is CC[C@H](C)C(=O)OC1C[C@@H](C)C=C2C=C[C@H](C)[C@H](CC[C@@H]3C[C@@H](O)CC(=O)O3)[C@H]21. The van der Waals surface area contributed by atoms with Crippen LogP contribution in [0.3, 0.4) is 0 Å². The lowest BCUT2D eigenvalue weighted by Crippen LogP contribution is -2.42. The molecule has 1 unspecified atom stereocenters. The van der Waals surface area contributed by atoms with E-state index in [0.29, 0.717) is 24.2 Å². The zero-order chi connectivity index (χ0) is 21.1. The summed E-state index contributed by atoms with van der Waals surface area (Å²) in [5.41, 5.74) is 1.27. The van der Waals surface area contributed by atoms with Crippen molar-refractivity contribution in [2.45, 2.75) is 84.5 Å². The second kappa shape index (κ2) is 9.46. The van der Waals surface area contributed by atoms with Crippen LogP contribution in [0.4, 0.5) is 0 Å². The van der Waals surface area contributed by atoms with E-state index in [1.807, 2.05) is 13.8 Å². The molecular weight excluding hydrogens is 368 g/mol. The van der Waals surface area contributed by atoms with Gasteiger partial charge in [-0.05, 0) is 49.0 Å². The number of carbonyl (C=O) groups is 2. The smallest absolute Gasteiger partial charge is 0.308 e. The number of ether oxygens (including phenoxy) is 2. The molecule has 3 aliphatic rings. The molecule has 0 aromatic heterocycles. The van der Waals surface area contributed by atoms with Crippen molar-refractivity contribution in [3.8, 4) is 0 Å². The molecule has 1 heterocycles. The maximum atomic E-state index is 12.5. The van der Waals surface area contributed by atoms with Crippen molar-refractivity contribution in [3.63, 3.8) is 0 Å². The van der Waals surface area contributed by atoms with Crippen LogP contribution in [0.2, 0.25) is 0 Å². The van der Waals surface area contributed by atoms with E-state index in [4.69, 9.17) is 9.47 Å². The molecule has 1 fully saturated rings. The van der Waals surface area contributed by atoms with Crippen molar-refractivity contribution in [1.29, 1.82) is 0 Å². The summed E-state index contributed by atoms with van der Waals surface area (Å²) in [5.74, 6) is 0.755. The molecule has 1 aliphatic heterocycles. The Kier molecular flexibility index (Phi) is 7.20. The van der Waals surface area contributed by atoms with Crippen molar-refractivity contribution < 1.29 is 24.2 Å². The molecule has 3 rings (SSSR count). The number of aliphatic hydroxyl groups excluding tert-OH is 1. The van der Waals surface area contributed by atoms with Crippen LogP contribution in [-0.2, 0) is 19.1 Å². The maximum absolute atomic E-state index is 12.5. The molecular formula is C24H36O5. The van der Waals surface area contributed by atoms with E-state index in [-0.39, 0.29) is 42.4 Å². The van der Waals surface area contributed by atoms with Crippen LogP contribution >= 0.6 is 0 Å². The molecule has 0 aromatic rings. The van der Waals surface area contributed by atoms with Crippen molar-refractivity contribution >= 4 is 11.9 Å². The van der Waals surface area contributed by atoms with Crippen LogP contribution in [0.15, 0.2) is 23.8 Å². The Balaban J connectivity index is 1.74. The highest BCUT2D eigenvalue weighted by Gasteiger charge is 2.42. The summed E-state index contributed by atoms with van der Waals surface area (Å²) in [7, 11) is 0. The van der Waals surface area contributed by atoms with Crippen LogP contribution in [0, 0.1) is 29.6 Å². The van der Waals surface area contributed by atoms with E-state index >= 15 is 0 Å². The minimum absolute atomic E-state index is 0.0854. The molecule has 5 heteroatoms. The molecule has 2 aliphatic carbocycles.